The van der Waals surface area contributed by atoms with Gasteiger partial charge in [-0.05, 0) is 17.7 Å². The van der Waals surface area contributed by atoms with E-state index in [1.165, 1.54) is 5.56 Å². The molecule has 0 radical (unpaired) electrons. The second-order valence-electron chi connectivity index (χ2n) is 5.93. The Labute approximate surface area is 137 Å². The zero-order valence-electron chi connectivity index (χ0n) is 12.9. The Morgan fingerprint density at radius 3 is 3.00 bits per heavy atom. The molecule has 5 heterocycles. The molecule has 0 fully saturated rings. The fourth-order valence-corrected chi connectivity index (χ4v) is 3.32. The Morgan fingerprint density at radius 2 is 2.04 bits per heavy atom. The number of hydrogen-bond acceptors (Lipinski definition) is 6. The van der Waals surface area contributed by atoms with Crippen LogP contribution < -0.4 is 11.1 Å². The zero-order valence-corrected chi connectivity index (χ0v) is 12.9. The number of aromatic amines is 1. The lowest BCUT2D eigenvalue weighted by Crippen LogP contribution is -2.24. The maximum Gasteiger partial charge on any atom is 0.222 e. The van der Waals surface area contributed by atoms with Crippen LogP contribution in [0.25, 0.3) is 33.3 Å². The van der Waals surface area contributed by atoms with Crippen molar-refractivity contribution < 1.29 is 0 Å². The number of rotatable bonds is 1. The van der Waals surface area contributed by atoms with E-state index in [2.05, 4.69) is 31.3 Å². The average Bonchev–Trinajstić information content (AvgIpc) is 2.98. The SMILES string of the molecule is Nc1nc(-c2ccc3c(n2)CCNC3)c2c(n1)[nH]c1cnccc12. The van der Waals surface area contributed by atoms with Gasteiger partial charge in [0.25, 0.3) is 0 Å². The van der Waals surface area contributed by atoms with E-state index in [1.807, 2.05) is 12.1 Å². The molecule has 1 aliphatic heterocycles. The third-order valence-electron chi connectivity index (χ3n) is 4.43. The van der Waals surface area contributed by atoms with Crippen LogP contribution >= 0.6 is 0 Å². The van der Waals surface area contributed by atoms with Crippen LogP contribution in [0, 0.1) is 0 Å². The lowest BCUT2D eigenvalue weighted by molar-refractivity contribution is 0.631. The second-order valence-corrected chi connectivity index (χ2v) is 5.93. The molecular formula is C17H15N7. The quantitative estimate of drug-likeness (QED) is 0.494. The number of pyridine rings is 2. The predicted molar refractivity (Wildman–Crippen MR) is 92.2 cm³/mol. The summed E-state index contributed by atoms with van der Waals surface area (Å²) in [6.07, 6.45) is 4.47. The van der Waals surface area contributed by atoms with Gasteiger partial charge in [-0.25, -0.2) is 4.98 Å². The van der Waals surface area contributed by atoms with Crippen LogP contribution in [0.2, 0.25) is 0 Å². The van der Waals surface area contributed by atoms with E-state index in [1.54, 1.807) is 12.4 Å². The highest BCUT2D eigenvalue weighted by atomic mass is 15.0. The molecule has 118 valence electrons. The van der Waals surface area contributed by atoms with E-state index in [0.29, 0.717) is 5.65 Å². The molecule has 0 atom stereocenters. The minimum absolute atomic E-state index is 0.234. The van der Waals surface area contributed by atoms with E-state index in [9.17, 15) is 0 Å². The van der Waals surface area contributed by atoms with Gasteiger partial charge in [-0.3, -0.25) is 9.97 Å². The molecule has 1 aliphatic rings. The third-order valence-corrected chi connectivity index (χ3v) is 4.43. The zero-order chi connectivity index (χ0) is 16.1. The van der Waals surface area contributed by atoms with Crippen molar-refractivity contribution in [1.29, 1.82) is 0 Å². The van der Waals surface area contributed by atoms with Crippen molar-refractivity contribution in [2.45, 2.75) is 13.0 Å². The van der Waals surface area contributed by atoms with E-state index in [-0.39, 0.29) is 5.95 Å². The Kier molecular flexibility index (Phi) is 2.77. The highest BCUT2D eigenvalue weighted by Crippen LogP contribution is 2.32. The summed E-state index contributed by atoms with van der Waals surface area (Å²) in [4.78, 5) is 21.1. The minimum atomic E-state index is 0.234. The summed E-state index contributed by atoms with van der Waals surface area (Å²) in [5.41, 5.74) is 11.5. The van der Waals surface area contributed by atoms with Crippen LogP contribution in [0.1, 0.15) is 11.3 Å². The van der Waals surface area contributed by atoms with Gasteiger partial charge in [0.1, 0.15) is 11.3 Å². The summed E-state index contributed by atoms with van der Waals surface area (Å²) in [6.45, 7) is 1.81. The van der Waals surface area contributed by atoms with Crippen LogP contribution in [0.5, 0.6) is 0 Å². The summed E-state index contributed by atoms with van der Waals surface area (Å²) >= 11 is 0. The molecule has 4 N–H and O–H groups in total. The normalized spacial score (nSPS) is 14.2. The smallest absolute Gasteiger partial charge is 0.222 e. The third kappa shape index (κ3) is 1.95. The van der Waals surface area contributed by atoms with Gasteiger partial charge in [-0.15, -0.1) is 0 Å². The van der Waals surface area contributed by atoms with Crippen LogP contribution in [-0.2, 0) is 13.0 Å². The summed E-state index contributed by atoms with van der Waals surface area (Å²) in [5.74, 6) is 0.234. The molecule has 0 unspecified atom stereocenters. The first kappa shape index (κ1) is 13.4. The number of hydrogen-bond donors (Lipinski definition) is 3. The van der Waals surface area contributed by atoms with Crippen molar-refractivity contribution in [2.75, 3.05) is 12.3 Å². The molecule has 5 rings (SSSR count). The molecule has 0 saturated heterocycles. The number of nitrogens with zero attached hydrogens (tertiary/aromatic N) is 4. The maximum atomic E-state index is 5.93. The number of nitrogens with one attached hydrogen (secondary N) is 2. The molecule has 4 aromatic heterocycles. The van der Waals surface area contributed by atoms with E-state index in [4.69, 9.17) is 10.7 Å². The van der Waals surface area contributed by atoms with Gasteiger partial charge < -0.3 is 16.0 Å². The van der Waals surface area contributed by atoms with Crippen molar-refractivity contribution in [2.24, 2.45) is 0 Å². The number of fused-ring (bicyclic) bond motifs is 4. The van der Waals surface area contributed by atoms with Crippen molar-refractivity contribution in [3.8, 4) is 11.4 Å². The Morgan fingerprint density at radius 1 is 1.08 bits per heavy atom. The fourth-order valence-electron chi connectivity index (χ4n) is 3.32. The van der Waals surface area contributed by atoms with Gasteiger partial charge in [0.15, 0.2) is 0 Å². The van der Waals surface area contributed by atoms with Crippen LogP contribution in [0.15, 0.2) is 30.6 Å². The molecule has 0 spiro atoms. The lowest BCUT2D eigenvalue weighted by Gasteiger charge is -2.16. The molecule has 0 aliphatic carbocycles. The summed E-state index contributed by atoms with van der Waals surface area (Å²) in [7, 11) is 0. The molecule has 0 aromatic carbocycles. The highest BCUT2D eigenvalue weighted by Gasteiger charge is 2.17. The van der Waals surface area contributed by atoms with Gasteiger partial charge in [0.05, 0.1) is 22.8 Å². The highest BCUT2D eigenvalue weighted by molar-refractivity contribution is 6.11. The average molecular weight is 317 g/mol. The molecule has 24 heavy (non-hydrogen) atoms. The van der Waals surface area contributed by atoms with Crippen molar-refractivity contribution in [3.05, 3.63) is 41.9 Å². The van der Waals surface area contributed by atoms with Crippen LogP contribution in [0.4, 0.5) is 5.95 Å². The lowest BCUT2D eigenvalue weighted by atomic mass is 10.0. The van der Waals surface area contributed by atoms with Gasteiger partial charge in [0.2, 0.25) is 5.95 Å². The number of nitrogens with two attached hydrogens (primary N) is 1. The van der Waals surface area contributed by atoms with E-state index in [0.717, 1.165) is 52.9 Å². The minimum Gasteiger partial charge on any atom is -0.368 e. The number of aromatic nitrogens is 5. The summed E-state index contributed by atoms with van der Waals surface area (Å²) in [5, 5.41) is 5.32. The molecule has 7 heteroatoms. The monoisotopic (exact) mass is 317 g/mol. The number of nitrogen functional groups attached to an aromatic ring is 1. The van der Waals surface area contributed by atoms with Crippen molar-refractivity contribution >= 4 is 27.9 Å². The predicted octanol–water partition coefficient (Wildman–Crippen LogP) is 1.80. The first-order valence-electron chi connectivity index (χ1n) is 7.88. The second kappa shape index (κ2) is 4.97. The Balaban J connectivity index is 1.82. The molecule has 0 saturated carbocycles. The standard InChI is InChI=1S/C17H15N7/c18-17-23-15(12-2-1-9-7-19-6-4-11(9)21-12)14-10-3-5-20-8-13(10)22-16(14)24-17/h1-3,5,8,19H,4,6-7H2,(H3,18,22,23,24). The largest absolute Gasteiger partial charge is 0.368 e. The fraction of sp³-hybridized carbons (Fsp3) is 0.176. The van der Waals surface area contributed by atoms with Crippen molar-refractivity contribution in [1.82, 2.24) is 30.2 Å². The molecule has 7 nitrogen and oxygen atoms in total. The van der Waals surface area contributed by atoms with E-state index < -0.39 is 0 Å². The molecule has 0 amide bonds. The summed E-state index contributed by atoms with van der Waals surface area (Å²) in [6, 6.07) is 6.08. The van der Waals surface area contributed by atoms with Gasteiger partial charge in [0, 0.05) is 36.8 Å². The van der Waals surface area contributed by atoms with Crippen LogP contribution in [0.3, 0.4) is 0 Å². The molecule has 0 bridgehead atoms. The maximum absolute atomic E-state index is 5.93. The summed E-state index contributed by atoms with van der Waals surface area (Å²) < 4.78 is 0. The molecule has 4 aromatic rings. The van der Waals surface area contributed by atoms with Gasteiger partial charge in [-0.1, -0.05) is 6.07 Å². The van der Waals surface area contributed by atoms with Gasteiger partial charge in [-0.2, -0.15) is 4.98 Å². The van der Waals surface area contributed by atoms with Crippen LogP contribution in [-0.4, -0.2) is 31.5 Å². The Bertz CT molecular complexity index is 1080. The number of anilines is 1. The number of H-pyrrole nitrogens is 1. The Hall–Kier alpha value is -3.06. The molecular weight excluding hydrogens is 302 g/mol. The topological polar surface area (TPSA) is 105 Å². The van der Waals surface area contributed by atoms with E-state index >= 15 is 0 Å². The van der Waals surface area contributed by atoms with Crippen molar-refractivity contribution in [3.63, 3.8) is 0 Å². The van der Waals surface area contributed by atoms with Gasteiger partial charge >= 0.3 is 0 Å². The first-order valence-corrected chi connectivity index (χ1v) is 7.88. The first-order chi connectivity index (χ1) is 11.8.